The number of halogens is 2. The Balaban J connectivity index is 1.72. The quantitative estimate of drug-likeness (QED) is 0.433. The Labute approximate surface area is 168 Å². The molecule has 138 valence electrons. The molecule has 27 heavy (non-hydrogen) atoms. The molecular weight excluding hydrogens is 383 g/mol. The summed E-state index contributed by atoms with van der Waals surface area (Å²) in [5.41, 5.74) is 2.47. The molecule has 0 fully saturated rings. The number of Topliss-reactive ketones (excluding diaryl/α,β-unsaturated/α-hetero) is 1. The van der Waals surface area contributed by atoms with Crippen molar-refractivity contribution in [3.63, 3.8) is 0 Å². The van der Waals surface area contributed by atoms with Gasteiger partial charge < -0.3 is 9.47 Å². The smallest absolute Gasteiger partial charge is 0.163 e. The fraction of sp³-hybridized carbons (Fsp3) is 0.136. The predicted octanol–water partition coefficient (Wildman–Crippen LogP) is 6.35. The van der Waals surface area contributed by atoms with E-state index in [9.17, 15) is 4.79 Å². The zero-order valence-electron chi connectivity index (χ0n) is 14.7. The van der Waals surface area contributed by atoms with Crippen LogP contribution in [-0.4, -0.2) is 5.78 Å². The van der Waals surface area contributed by atoms with Gasteiger partial charge in [0.25, 0.3) is 0 Å². The van der Waals surface area contributed by atoms with Crippen LogP contribution in [0.15, 0.2) is 66.7 Å². The molecule has 3 rings (SSSR count). The van der Waals surface area contributed by atoms with Crippen LogP contribution in [0, 0.1) is 0 Å². The normalized spacial score (nSPS) is 10.5. The lowest BCUT2D eigenvalue weighted by atomic mass is 10.1. The summed E-state index contributed by atoms with van der Waals surface area (Å²) in [5, 5.41) is 1.35. The van der Waals surface area contributed by atoms with Crippen molar-refractivity contribution >= 4 is 29.0 Å². The van der Waals surface area contributed by atoms with E-state index in [1.54, 1.807) is 30.3 Å². The van der Waals surface area contributed by atoms with Gasteiger partial charge >= 0.3 is 0 Å². The van der Waals surface area contributed by atoms with Crippen molar-refractivity contribution in [2.45, 2.75) is 20.1 Å². The highest BCUT2D eigenvalue weighted by atomic mass is 35.5. The Morgan fingerprint density at radius 1 is 0.778 bits per heavy atom. The molecule has 0 aliphatic heterocycles. The molecule has 0 unspecified atom stereocenters. The number of ether oxygens (including phenoxy) is 2. The first-order valence-corrected chi connectivity index (χ1v) is 9.16. The van der Waals surface area contributed by atoms with E-state index in [0.717, 1.165) is 11.1 Å². The minimum Gasteiger partial charge on any atom is -0.489 e. The van der Waals surface area contributed by atoms with Gasteiger partial charge in [-0.25, -0.2) is 0 Å². The molecule has 0 spiro atoms. The largest absolute Gasteiger partial charge is 0.489 e. The van der Waals surface area contributed by atoms with Crippen LogP contribution in [0.5, 0.6) is 11.5 Å². The van der Waals surface area contributed by atoms with E-state index >= 15 is 0 Å². The number of ketones is 1. The van der Waals surface area contributed by atoms with E-state index in [2.05, 4.69) is 0 Å². The molecular formula is C22H18Cl2O3. The van der Waals surface area contributed by atoms with Gasteiger partial charge in [0.1, 0.15) is 24.7 Å². The first-order valence-electron chi connectivity index (χ1n) is 8.41. The molecule has 5 heteroatoms. The second-order valence-corrected chi connectivity index (χ2v) is 6.92. The molecule has 0 saturated carbocycles. The molecule has 0 amide bonds. The van der Waals surface area contributed by atoms with Crippen LogP contribution in [0.4, 0.5) is 0 Å². The van der Waals surface area contributed by atoms with Gasteiger partial charge in [-0.15, -0.1) is 0 Å². The zero-order valence-corrected chi connectivity index (χ0v) is 16.3. The van der Waals surface area contributed by atoms with Crippen molar-refractivity contribution in [1.82, 2.24) is 0 Å². The first-order chi connectivity index (χ1) is 13.0. The van der Waals surface area contributed by atoms with Crippen LogP contribution in [0.3, 0.4) is 0 Å². The molecule has 0 bridgehead atoms. The van der Waals surface area contributed by atoms with Gasteiger partial charge in [-0.1, -0.05) is 47.5 Å². The van der Waals surface area contributed by atoms with Crippen molar-refractivity contribution in [2.24, 2.45) is 0 Å². The summed E-state index contributed by atoms with van der Waals surface area (Å²) in [4.78, 5) is 11.9. The number of benzene rings is 3. The van der Waals surface area contributed by atoms with E-state index in [0.29, 0.717) is 40.3 Å². The first kappa shape index (κ1) is 19.3. The molecule has 3 nitrogen and oxygen atoms in total. The Kier molecular flexibility index (Phi) is 6.38. The fourth-order valence-corrected chi connectivity index (χ4v) is 2.74. The average molecular weight is 401 g/mol. The number of carbonyl (C=O) groups is 1. The van der Waals surface area contributed by atoms with E-state index in [4.69, 9.17) is 32.7 Å². The van der Waals surface area contributed by atoms with E-state index in [1.807, 2.05) is 36.4 Å². The molecule has 3 aromatic rings. The van der Waals surface area contributed by atoms with Crippen molar-refractivity contribution in [3.05, 3.63) is 93.5 Å². The second kappa shape index (κ2) is 8.94. The van der Waals surface area contributed by atoms with Gasteiger partial charge in [-0.05, 0) is 54.4 Å². The lowest BCUT2D eigenvalue weighted by molar-refractivity contribution is 0.101. The maximum absolute atomic E-state index is 11.9. The highest BCUT2D eigenvalue weighted by Gasteiger charge is 2.11. The predicted molar refractivity (Wildman–Crippen MR) is 108 cm³/mol. The third-order valence-electron chi connectivity index (χ3n) is 3.96. The Bertz CT molecular complexity index is 919. The SMILES string of the molecule is CC(=O)c1ccc(OCc2ccc(Cl)cc2)cc1OCc1ccc(Cl)cc1. The van der Waals surface area contributed by atoms with Gasteiger partial charge in [-0.3, -0.25) is 4.79 Å². The summed E-state index contributed by atoms with van der Waals surface area (Å²) in [6, 6.07) is 20.1. The summed E-state index contributed by atoms with van der Waals surface area (Å²) < 4.78 is 11.7. The molecule has 0 aromatic heterocycles. The maximum atomic E-state index is 11.9. The maximum Gasteiger partial charge on any atom is 0.163 e. The van der Waals surface area contributed by atoms with Gasteiger partial charge in [-0.2, -0.15) is 0 Å². The van der Waals surface area contributed by atoms with Gasteiger partial charge in [0.15, 0.2) is 5.78 Å². The Hall–Kier alpha value is -2.49. The van der Waals surface area contributed by atoms with Crippen LogP contribution < -0.4 is 9.47 Å². The Morgan fingerprint density at radius 2 is 1.30 bits per heavy atom. The van der Waals surface area contributed by atoms with Gasteiger partial charge in [0.2, 0.25) is 0 Å². The molecule has 3 aromatic carbocycles. The third kappa shape index (κ3) is 5.49. The zero-order chi connectivity index (χ0) is 19.2. The van der Waals surface area contributed by atoms with Crippen LogP contribution >= 0.6 is 23.2 Å². The molecule has 0 atom stereocenters. The van der Waals surface area contributed by atoms with E-state index in [1.165, 1.54) is 6.92 Å². The molecule has 0 aliphatic rings. The van der Waals surface area contributed by atoms with Crippen molar-refractivity contribution in [1.29, 1.82) is 0 Å². The lowest BCUT2D eigenvalue weighted by Crippen LogP contribution is -2.03. The number of carbonyl (C=O) groups excluding carboxylic acids is 1. The number of hydrogen-bond donors (Lipinski definition) is 0. The summed E-state index contributed by atoms with van der Waals surface area (Å²) in [6.45, 7) is 2.24. The third-order valence-corrected chi connectivity index (χ3v) is 4.46. The van der Waals surface area contributed by atoms with Crippen LogP contribution in [0.2, 0.25) is 10.0 Å². The molecule has 0 aliphatic carbocycles. The lowest BCUT2D eigenvalue weighted by Gasteiger charge is -2.13. The second-order valence-electron chi connectivity index (χ2n) is 6.04. The summed E-state index contributed by atoms with van der Waals surface area (Å²) in [5.74, 6) is 1.05. The highest BCUT2D eigenvalue weighted by Crippen LogP contribution is 2.27. The van der Waals surface area contributed by atoms with Crippen LogP contribution in [0.1, 0.15) is 28.4 Å². The van der Waals surface area contributed by atoms with Crippen LogP contribution in [0.25, 0.3) is 0 Å². The summed E-state index contributed by atoms with van der Waals surface area (Å²) in [6.07, 6.45) is 0. The number of hydrogen-bond acceptors (Lipinski definition) is 3. The number of rotatable bonds is 7. The summed E-state index contributed by atoms with van der Waals surface area (Å²) >= 11 is 11.8. The fourth-order valence-electron chi connectivity index (χ4n) is 2.49. The van der Waals surface area contributed by atoms with Crippen LogP contribution in [-0.2, 0) is 13.2 Å². The van der Waals surface area contributed by atoms with Gasteiger partial charge in [0, 0.05) is 16.1 Å². The molecule has 0 saturated heterocycles. The average Bonchev–Trinajstić information content (AvgIpc) is 2.67. The van der Waals surface area contributed by atoms with E-state index in [-0.39, 0.29) is 5.78 Å². The van der Waals surface area contributed by atoms with Gasteiger partial charge in [0.05, 0.1) is 5.56 Å². The monoisotopic (exact) mass is 400 g/mol. The molecule has 0 radical (unpaired) electrons. The summed E-state index contributed by atoms with van der Waals surface area (Å²) in [7, 11) is 0. The molecule has 0 N–H and O–H groups in total. The van der Waals surface area contributed by atoms with E-state index < -0.39 is 0 Å². The standard InChI is InChI=1S/C22H18Cl2O3/c1-15(25)21-11-10-20(26-13-16-2-6-18(23)7-3-16)12-22(21)27-14-17-4-8-19(24)9-5-17/h2-12H,13-14H2,1H3. The Morgan fingerprint density at radius 3 is 1.81 bits per heavy atom. The minimum absolute atomic E-state index is 0.0645. The van der Waals surface area contributed by atoms with Crippen molar-refractivity contribution in [2.75, 3.05) is 0 Å². The van der Waals surface area contributed by atoms with Crippen molar-refractivity contribution < 1.29 is 14.3 Å². The minimum atomic E-state index is -0.0645. The topological polar surface area (TPSA) is 35.5 Å². The highest BCUT2D eigenvalue weighted by molar-refractivity contribution is 6.30. The molecule has 0 heterocycles. The van der Waals surface area contributed by atoms with Crippen molar-refractivity contribution in [3.8, 4) is 11.5 Å².